The first-order valence-corrected chi connectivity index (χ1v) is 8.18. The summed E-state index contributed by atoms with van der Waals surface area (Å²) in [6.07, 6.45) is 5.38. The van der Waals surface area contributed by atoms with Crippen molar-refractivity contribution in [2.75, 3.05) is 31.1 Å². The Hall–Kier alpha value is -3.00. The summed E-state index contributed by atoms with van der Waals surface area (Å²) >= 11 is 0. The predicted molar refractivity (Wildman–Crippen MR) is 94.4 cm³/mol. The van der Waals surface area contributed by atoms with Gasteiger partial charge < -0.3 is 4.90 Å². The first kappa shape index (κ1) is 15.5. The molecule has 0 bridgehead atoms. The Bertz CT molecular complexity index is 887. The van der Waals surface area contributed by atoms with E-state index in [1.165, 1.54) is 11.8 Å². The number of rotatable bonds is 4. The van der Waals surface area contributed by atoms with E-state index >= 15 is 0 Å². The Kier molecular flexibility index (Phi) is 4.02. The number of nitro benzene ring substituents is 1. The van der Waals surface area contributed by atoms with Crippen molar-refractivity contribution in [3.63, 3.8) is 0 Å². The molecule has 8 nitrogen and oxygen atoms in total. The highest BCUT2D eigenvalue weighted by Gasteiger charge is 2.18. The van der Waals surface area contributed by atoms with Crippen LogP contribution in [0.3, 0.4) is 0 Å². The fourth-order valence-electron chi connectivity index (χ4n) is 3.18. The molecule has 1 aromatic carbocycles. The summed E-state index contributed by atoms with van der Waals surface area (Å²) in [4.78, 5) is 19.3. The summed E-state index contributed by atoms with van der Waals surface area (Å²) in [5.41, 5.74) is 2.08. The minimum atomic E-state index is -0.371. The first-order valence-electron chi connectivity index (χ1n) is 8.18. The highest BCUT2D eigenvalue weighted by atomic mass is 16.6. The van der Waals surface area contributed by atoms with E-state index in [9.17, 15) is 10.1 Å². The molecule has 0 saturated carbocycles. The third kappa shape index (κ3) is 3.16. The van der Waals surface area contributed by atoms with Crippen molar-refractivity contribution in [3.05, 3.63) is 59.0 Å². The van der Waals surface area contributed by atoms with Crippen molar-refractivity contribution in [3.8, 4) is 0 Å². The van der Waals surface area contributed by atoms with E-state index in [2.05, 4.69) is 19.9 Å². The van der Waals surface area contributed by atoms with Gasteiger partial charge in [0.05, 0.1) is 23.3 Å². The molecule has 3 aromatic rings. The maximum Gasteiger partial charge on any atom is 0.271 e. The summed E-state index contributed by atoms with van der Waals surface area (Å²) in [7, 11) is 0. The van der Waals surface area contributed by atoms with Crippen LogP contribution in [0.5, 0.6) is 0 Å². The number of pyridine rings is 1. The van der Waals surface area contributed by atoms with Gasteiger partial charge in [0.2, 0.25) is 0 Å². The standard InChI is InChI=1S/C17H18N6O2/c24-23(25)16-2-1-14-12-19-22(17(14)11-16)13-20-7-9-21(10-8-20)15-3-5-18-6-4-15/h1-6,11-12H,7-10,13H2. The van der Waals surface area contributed by atoms with E-state index in [-0.39, 0.29) is 10.6 Å². The lowest BCUT2D eigenvalue weighted by atomic mass is 10.2. The van der Waals surface area contributed by atoms with E-state index in [4.69, 9.17) is 0 Å². The van der Waals surface area contributed by atoms with Gasteiger partial charge in [-0.2, -0.15) is 5.10 Å². The maximum absolute atomic E-state index is 11.0. The van der Waals surface area contributed by atoms with Gasteiger partial charge >= 0.3 is 0 Å². The Morgan fingerprint density at radius 3 is 2.56 bits per heavy atom. The number of hydrogen-bond donors (Lipinski definition) is 0. The SMILES string of the molecule is O=[N+]([O-])c1ccc2cnn(CN3CCN(c4ccncc4)CC3)c2c1. The van der Waals surface area contributed by atoms with E-state index in [0.29, 0.717) is 6.67 Å². The second kappa shape index (κ2) is 6.48. The zero-order valence-corrected chi connectivity index (χ0v) is 13.7. The van der Waals surface area contributed by atoms with Gasteiger partial charge in [0.1, 0.15) is 0 Å². The predicted octanol–water partition coefficient (Wildman–Crippen LogP) is 2.12. The molecule has 1 saturated heterocycles. The lowest BCUT2D eigenvalue weighted by Gasteiger charge is -2.35. The average molecular weight is 338 g/mol. The highest BCUT2D eigenvalue weighted by Crippen LogP contribution is 2.21. The van der Waals surface area contributed by atoms with Gasteiger partial charge in [-0.15, -0.1) is 0 Å². The van der Waals surface area contributed by atoms with Crippen LogP contribution in [0.1, 0.15) is 0 Å². The summed E-state index contributed by atoms with van der Waals surface area (Å²) in [6.45, 7) is 4.33. The largest absolute Gasteiger partial charge is 0.369 e. The number of anilines is 1. The van der Waals surface area contributed by atoms with Gasteiger partial charge in [-0.05, 0) is 18.2 Å². The molecule has 1 fully saturated rings. The van der Waals surface area contributed by atoms with Crippen LogP contribution >= 0.6 is 0 Å². The Morgan fingerprint density at radius 1 is 1.08 bits per heavy atom. The molecule has 25 heavy (non-hydrogen) atoms. The molecule has 3 heterocycles. The fourth-order valence-corrected chi connectivity index (χ4v) is 3.18. The second-order valence-corrected chi connectivity index (χ2v) is 6.10. The van der Waals surface area contributed by atoms with E-state index < -0.39 is 0 Å². The molecule has 1 aliphatic heterocycles. The Balaban J connectivity index is 1.46. The van der Waals surface area contributed by atoms with Gasteiger partial charge in [0.25, 0.3) is 5.69 Å². The minimum absolute atomic E-state index is 0.0942. The van der Waals surface area contributed by atoms with Crippen molar-refractivity contribution in [2.45, 2.75) is 6.67 Å². The molecular formula is C17H18N6O2. The number of benzene rings is 1. The molecule has 0 radical (unpaired) electrons. The van der Waals surface area contributed by atoms with E-state index in [0.717, 1.165) is 37.1 Å². The topological polar surface area (TPSA) is 80.3 Å². The summed E-state index contributed by atoms with van der Waals surface area (Å²) in [5, 5.41) is 16.3. The monoisotopic (exact) mass is 338 g/mol. The molecule has 0 N–H and O–H groups in total. The van der Waals surface area contributed by atoms with Crippen LogP contribution in [0.15, 0.2) is 48.9 Å². The van der Waals surface area contributed by atoms with Crippen LogP contribution in [0.25, 0.3) is 10.9 Å². The summed E-state index contributed by atoms with van der Waals surface area (Å²) < 4.78 is 1.84. The molecule has 1 aliphatic rings. The number of aromatic nitrogens is 3. The van der Waals surface area contributed by atoms with Gasteiger partial charge in [0.15, 0.2) is 0 Å². The molecule has 0 unspecified atom stereocenters. The van der Waals surface area contributed by atoms with Crippen LogP contribution in [0.2, 0.25) is 0 Å². The van der Waals surface area contributed by atoms with Crippen molar-refractivity contribution < 1.29 is 4.92 Å². The fraction of sp³-hybridized carbons (Fsp3) is 0.294. The second-order valence-electron chi connectivity index (χ2n) is 6.10. The quantitative estimate of drug-likeness (QED) is 0.535. The molecule has 0 atom stereocenters. The average Bonchev–Trinajstić information content (AvgIpc) is 3.05. The van der Waals surface area contributed by atoms with Gasteiger partial charge in [0, 0.05) is 61.8 Å². The number of fused-ring (bicyclic) bond motifs is 1. The van der Waals surface area contributed by atoms with Crippen molar-refractivity contribution in [2.24, 2.45) is 0 Å². The first-order chi connectivity index (χ1) is 12.2. The smallest absolute Gasteiger partial charge is 0.271 e. The number of hydrogen-bond acceptors (Lipinski definition) is 6. The van der Waals surface area contributed by atoms with Crippen molar-refractivity contribution in [1.82, 2.24) is 19.7 Å². The molecule has 0 spiro atoms. The van der Waals surface area contributed by atoms with Crippen LogP contribution in [-0.2, 0) is 6.67 Å². The van der Waals surface area contributed by atoms with E-state index in [1.54, 1.807) is 18.3 Å². The number of piperazine rings is 1. The zero-order chi connectivity index (χ0) is 17.2. The Labute approximate surface area is 144 Å². The zero-order valence-electron chi connectivity index (χ0n) is 13.7. The van der Waals surface area contributed by atoms with Crippen LogP contribution < -0.4 is 4.90 Å². The van der Waals surface area contributed by atoms with Gasteiger partial charge in [-0.3, -0.25) is 24.7 Å². The summed E-state index contributed by atoms with van der Waals surface area (Å²) in [5.74, 6) is 0. The third-order valence-corrected chi connectivity index (χ3v) is 4.57. The maximum atomic E-state index is 11.0. The van der Waals surface area contributed by atoms with Crippen molar-refractivity contribution in [1.29, 1.82) is 0 Å². The van der Waals surface area contributed by atoms with Crippen LogP contribution in [0, 0.1) is 10.1 Å². The van der Waals surface area contributed by atoms with Crippen LogP contribution in [-0.4, -0.2) is 50.8 Å². The number of non-ortho nitro benzene ring substituents is 1. The molecule has 8 heteroatoms. The molecule has 2 aromatic heterocycles. The number of nitro groups is 1. The van der Waals surface area contributed by atoms with Gasteiger partial charge in [-0.25, -0.2) is 0 Å². The lowest BCUT2D eigenvalue weighted by Crippen LogP contribution is -2.46. The Morgan fingerprint density at radius 2 is 1.84 bits per heavy atom. The summed E-state index contributed by atoms with van der Waals surface area (Å²) in [6, 6.07) is 8.90. The normalized spacial score (nSPS) is 15.6. The molecular weight excluding hydrogens is 320 g/mol. The molecule has 4 rings (SSSR count). The number of nitrogens with zero attached hydrogens (tertiary/aromatic N) is 6. The molecule has 0 amide bonds. The molecule has 0 aliphatic carbocycles. The third-order valence-electron chi connectivity index (χ3n) is 4.57. The van der Waals surface area contributed by atoms with Gasteiger partial charge in [-0.1, -0.05) is 0 Å². The highest BCUT2D eigenvalue weighted by molar-refractivity contribution is 5.80. The van der Waals surface area contributed by atoms with Crippen LogP contribution in [0.4, 0.5) is 11.4 Å². The lowest BCUT2D eigenvalue weighted by molar-refractivity contribution is -0.384. The van der Waals surface area contributed by atoms with E-state index in [1.807, 2.05) is 29.2 Å². The minimum Gasteiger partial charge on any atom is -0.369 e. The van der Waals surface area contributed by atoms with Crippen molar-refractivity contribution >= 4 is 22.3 Å². The molecule has 128 valence electrons.